The Balaban J connectivity index is 1.95. The standard InChI is InChI=1S/C16H25N3O/c1-13-7-5-6-10-19(13)12-14(11-17)16(20)18-15-8-3-2-4-9-15/h12-13,15H,2-10H2,1H3,(H,18,20)/b14-12-. The van der Waals surface area contributed by atoms with E-state index in [4.69, 9.17) is 0 Å². The van der Waals surface area contributed by atoms with Gasteiger partial charge in [0.1, 0.15) is 11.6 Å². The lowest BCUT2D eigenvalue weighted by Gasteiger charge is -2.32. The van der Waals surface area contributed by atoms with Crippen molar-refractivity contribution < 1.29 is 4.79 Å². The summed E-state index contributed by atoms with van der Waals surface area (Å²) in [6.45, 7) is 3.10. The van der Waals surface area contributed by atoms with E-state index < -0.39 is 0 Å². The number of piperidine rings is 1. The maximum atomic E-state index is 12.2. The Hall–Kier alpha value is -1.50. The quantitative estimate of drug-likeness (QED) is 0.636. The molecule has 1 heterocycles. The van der Waals surface area contributed by atoms with Crippen LogP contribution in [0.5, 0.6) is 0 Å². The molecule has 0 bridgehead atoms. The number of rotatable bonds is 3. The average Bonchev–Trinajstić information content (AvgIpc) is 2.47. The number of carbonyl (C=O) groups is 1. The fraction of sp³-hybridized carbons (Fsp3) is 0.750. The number of hydrogen-bond acceptors (Lipinski definition) is 3. The largest absolute Gasteiger partial charge is 0.373 e. The summed E-state index contributed by atoms with van der Waals surface area (Å²) in [6, 6.07) is 2.75. The first kappa shape index (κ1) is 14.9. The lowest BCUT2D eigenvalue weighted by Crippen LogP contribution is -2.38. The molecule has 1 atom stereocenters. The van der Waals surface area contributed by atoms with E-state index in [1.165, 1.54) is 25.7 Å². The topological polar surface area (TPSA) is 56.1 Å². The second kappa shape index (κ2) is 7.33. The van der Waals surface area contributed by atoms with E-state index in [1.54, 1.807) is 6.20 Å². The average molecular weight is 275 g/mol. The van der Waals surface area contributed by atoms with E-state index in [-0.39, 0.29) is 17.5 Å². The van der Waals surface area contributed by atoms with Crippen LogP contribution in [0.1, 0.15) is 58.3 Å². The highest BCUT2D eigenvalue weighted by molar-refractivity contribution is 5.97. The summed E-state index contributed by atoms with van der Waals surface area (Å²) in [5.41, 5.74) is 0.254. The molecular weight excluding hydrogens is 250 g/mol. The number of nitrogens with zero attached hydrogens (tertiary/aromatic N) is 2. The smallest absolute Gasteiger partial charge is 0.263 e. The van der Waals surface area contributed by atoms with Gasteiger partial charge >= 0.3 is 0 Å². The number of hydrogen-bond donors (Lipinski definition) is 1. The lowest BCUT2D eigenvalue weighted by atomic mass is 9.95. The van der Waals surface area contributed by atoms with Gasteiger partial charge in [-0.25, -0.2) is 0 Å². The first-order valence-electron chi connectivity index (χ1n) is 7.89. The zero-order valence-electron chi connectivity index (χ0n) is 12.4. The number of nitriles is 1. The molecule has 4 nitrogen and oxygen atoms in total. The molecule has 2 aliphatic rings. The first-order valence-corrected chi connectivity index (χ1v) is 7.89. The molecule has 0 aromatic carbocycles. The molecule has 0 radical (unpaired) electrons. The van der Waals surface area contributed by atoms with E-state index >= 15 is 0 Å². The fourth-order valence-corrected chi connectivity index (χ4v) is 3.13. The maximum absolute atomic E-state index is 12.2. The molecule has 4 heteroatoms. The Bertz CT molecular complexity index is 404. The van der Waals surface area contributed by atoms with Gasteiger partial charge in [-0.1, -0.05) is 19.3 Å². The van der Waals surface area contributed by atoms with Gasteiger partial charge in [0.25, 0.3) is 5.91 Å². The Morgan fingerprint density at radius 2 is 1.90 bits per heavy atom. The summed E-state index contributed by atoms with van der Waals surface area (Å²) >= 11 is 0. The number of carbonyl (C=O) groups excluding carboxylic acids is 1. The SMILES string of the molecule is CC1CCCCN1/C=C(/C#N)C(=O)NC1CCCCC1. The summed E-state index contributed by atoms with van der Waals surface area (Å²) in [7, 11) is 0. The molecule has 0 aromatic heterocycles. The highest BCUT2D eigenvalue weighted by Gasteiger charge is 2.21. The van der Waals surface area contributed by atoms with Gasteiger partial charge in [-0.05, 0) is 39.0 Å². The monoisotopic (exact) mass is 275 g/mol. The van der Waals surface area contributed by atoms with E-state index in [9.17, 15) is 10.1 Å². The third-order valence-electron chi connectivity index (χ3n) is 4.45. The Morgan fingerprint density at radius 1 is 1.20 bits per heavy atom. The van der Waals surface area contributed by atoms with Gasteiger partial charge in [0.15, 0.2) is 0 Å². The van der Waals surface area contributed by atoms with Gasteiger partial charge in [-0.3, -0.25) is 4.79 Å². The Morgan fingerprint density at radius 3 is 2.55 bits per heavy atom. The molecule has 2 fully saturated rings. The third kappa shape index (κ3) is 4.00. The molecule has 0 spiro atoms. The van der Waals surface area contributed by atoms with Crippen LogP contribution >= 0.6 is 0 Å². The van der Waals surface area contributed by atoms with E-state index in [0.29, 0.717) is 6.04 Å². The van der Waals surface area contributed by atoms with Gasteiger partial charge < -0.3 is 10.2 Å². The van der Waals surface area contributed by atoms with Gasteiger partial charge in [0, 0.05) is 24.8 Å². The van der Waals surface area contributed by atoms with E-state index in [0.717, 1.165) is 32.2 Å². The summed E-state index contributed by atoms with van der Waals surface area (Å²) in [4.78, 5) is 14.3. The number of amides is 1. The first-order chi connectivity index (χ1) is 9.70. The van der Waals surface area contributed by atoms with Crippen molar-refractivity contribution in [2.75, 3.05) is 6.54 Å². The van der Waals surface area contributed by atoms with Crippen LogP contribution in [0, 0.1) is 11.3 Å². The second-order valence-electron chi connectivity index (χ2n) is 6.05. The van der Waals surface area contributed by atoms with Crippen LogP contribution in [0.4, 0.5) is 0 Å². The molecule has 20 heavy (non-hydrogen) atoms. The van der Waals surface area contributed by atoms with Crippen molar-refractivity contribution in [1.82, 2.24) is 10.2 Å². The molecule has 0 aromatic rings. The van der Waals surface area contributed by atoms with Gasteiger partial charge in [0.2, 0.25) is 0 Å². The minimum atomic E-state index is -0.197. The molecule has 110 valence electrons. The second-order valence-corrected chi connectivity index (χ2v) is 6.05. The predicted molar refractivity (Wildman–Crippen MR) is 78.7 cm³/mol. The predicted octanol–water partition coefficient (Wildman–Crippen LogP) is 2.72. The highest BCUT2D eigenvalue weighted by atomic mass is 16.1. The van der Waals surface area contributed by atoms with Gasteiger partial charge in [0.05, 0.1) is 0 Å². The molecule has 1 saturated heterocycles. The summed E-state index contributed by atoms with van der Waals surface area (Å²) < 4.78 is 0. The summed E-state index contributed by atoms with van der Waals surface area (Å²) in [5.74, 6) is -0.197. The van der Waals surface area contributed by atoms with E-state index in [1.807, 2.05) is 0 Å². The third-order valence-corrected chi connectivity index (χ3v) is 4.45. The summed E-state index contributed by atoms with van der Waals surface area (Å²) in [5, 5.41) is 12.3. The molecular formula is C16H25N3O. The fourth-order valence-electron chi connectivity index (χ4n) is 3.13. The minimum absolute atomic E-state index is 0.197. The van der Waals surface area contributed by atoms with Crippen LogP contribution in [0.15, 0.2) is 11.8 Å². The maximum Gasteiger partial charge on any atom is 0.263 e. The normalized spacial score (nSPS) is 25.1. The van der Waals surface area contributed by atoms with Crippen molar-refractivity contribution in [3.8, 4) is 6.07 Å². The zero-order valence-corrected chi connectivity index (χ0v) is 12.4. The van der Waals surface area contributed by atoms with Gasteiger partial charge in [-0.2, -0.15) is 5.26 Å². The van der Waals surface area contributed by atoms with Crippen molar-refractivity contribution in [1.29, 1.82) is 5.26 Å². The molecule has 1 aliphatic heterocycles. The van der Waals surface area contributed by atoms with Crippen LogP contribution in [0.2, 0.25) is 0 Å². The molecule has 1 saturated carbocycles. The highest BCUT2D eigenvalue weighted by Crippen LogP contribution is 2.19. The van der Waals surface area contributed by atoms with Crippen molar-refractivity contribution in [3.63, 3.8) is 0 Å². The van der Waals surface area contributed by atoms with Crippen molar-refractivity contribution in [2.24, 2.45) is 0 Å². The number of nitrogens with one attached hydrogen (secondary N) is 1. The Labute approximate surface area is 121 Å². The van der Waals surface area contributed by atoms with Crippen LogP contribution in [-0.2, 0) is 4.79 Å². The van der Waals surface area contributed by atoms with Crippen molar-refractivity contribution in [2.45, 2.75) is 70.4 Å². The zero-order chi connectivity index (χ0) is 14.4. The minimum Gasteiger partial charge on any atom is -0.373 e. The lowest BCUT2D eigenvalue weighted by molar-refractivity contribution is -0.118. The van der Waals surface area contributed by atoms with Crippen molar-refractivity contribution >= 4 is 5.91 Å². The molecule has 1 N–H and O–H groups in total. The van der Waals surface area contributed by atoms with Gasteiger partial charge in [-0.15, -0.1) is 0 Å². The van der Waals surface area contributed by atoms with Crippen molar-refractivity contribution in [3.05, 3.63) is 11.8 Å². The molecule has 2 rings (SSSR count). The molecule has 1 unspecified atom stereocenters. The van der Waals surface area contributed by atoms with Crippen LogP contribution in [0.3, 0.4) is 0 Å². The molecule has 1 amide bonds. The van der Waals surface area contributed by atoms with Crippen LogP contribution < -0.4 is 5.32 Å². The van der Waals surface area contributed by atoms with Crippen LogP contribution in [-0.4, -0.2) is 29.4 Å². The summed E-state index contributed by atoms with van der Waals surface area (Å²) in [6.07, 6.45) is 11.0. The molecule has 1 aliphatic carbocycles. The number of likely N-dealkylation sites (tertiary alicyclic amines) is 1. The Kier molecular flexibility index (Phi) is 5.46. The van der Waals surface area contributed by atoms with E-state index in [2.05, 4.69) is 23.2 Å². The van der Waals surface area contributed by atoms with Crippen LogP contribution in [0.25, 0.3) is 0 Å².